The molecule has 2 unspecified atom stereocenters. The van der Waals surface area contributed by atoms with E-state index >= 15 is 0 Å². The van der Waals surface area contributed by atoms with E-state index in [4.69, 9.17) is 5.73 Å². The molecule has 2 aromatic carbocycles. The topological polar surface area (TPSA) is 106 Å². The van der Waals surface area contributed by atoms with E-state index in [9.17, 15) is 16.8 Å². The zero-order chi connectivity index (χ0) is 21.5. The first kappa shape index (κ1) is 27.2. The van der Waals surface area contributed by atoms with Gasteiger partial charge >= 0.3 is 27.0 Å². The molecule has 0 saturated heterocycles. The number of halogens is 1. The van der Waals surface area contributed by atoms with Crippen LogP contribution in [-0.2, 0) is 42.9 Å². The SMILES string of the molecule is [CH3-].[Cl][Ru+3].[NH-]C1CCCCC1[N-]S(=O)(=O)Cc1ccccc1S(=O)(=O)c1ccccc1. The van der Waals surface area contributed by atoms with Crippen LogP contribution in [0.15, 0.2) is 64.4 Å². The number of sulfonamides is 1. The molecule has 166 valence electrons. The molecule has 1 aliphatic rings. The van der Waals surface area contributed by atoms with E-state index in [2.05, 4.69) is 14.4 Å². The molecule has 2 aromatic rings. The fraction of sp³-hybridized carbons (Fsp3) is 0.350. The minimum atomic E-state index is -3.89. The zero-order valence-corrected chi connectivity index (χ0v) is 20.6. The Morgan fingerprint density at radius 1 is 0.933 bits per heavy atom. The van der Waals surface area contributed by atoms with Crippen LogP contribution in [0.3, 0.4) is 0 Å². The number of hydrogen-bond donors (Lipinski definition) is 0. The molecule has 6 nitrogen and oxygen atoms in total. The van der Waals surface area contributed by atoms with Crippen molar-refractivity contribution in [2.45, 2.75) is 53.3 Å². The molecule has 0 bridgehead atoms. The summed E-state index contributed by atoms with van der Waals surface area (Å²) in [4.78, 5) is 0.0892. The van der Waals surface area contributed by atoms with Gasteiger partial charge in [0.2, 0.25) is 9.84 Å². The Bertz CT molecular complexity index is 1000. The average Bonchev–Trinajstić information content (AvgIpc) is 2.72. The minimum Gasteiger partial charge on any atom is -0.676 e. The summed E-state index contributed by atoms with van der Waals surface area (Å²) in [5, 5.41) is 0. The molecule has 0 heterocycles. The minimum absolute atomic E-state index is 0. The quantitative estimate of drug-likeness (QED) is 0.358. The van der Waals surface area contributed by atoms with Crippen molar-refractivity contribution in [1.82, 2.24) is 0 Å². The van der Waals surface area contributed by atoms with Gasteiger partial charge in [-0.15, -0.1) is 6.04 Å². The monoisotopic (exact) mass is 558 g/mol. The Labute approximate surface area is 194 Å². The van der Waals surface area contributed by atoms with Crippen LogP contribution < -0.4 is 0 Å². The maximum absolute atomic E-state index is 12.9. The van der Waals surface area contributed by atoms with Crippen molar-refractivity contribution in [3.63, 3.8) is 0 Å². The van der Waals surface area contributed by atoms with Crippen LogP contribution in [0, 0.1) is 7.43 Å². The van der Waals surface area contributed by atoms with E-state index in [0.29, 0.717) is 12.8 Å². The largest absolute Gasteiger partial charge is 0.676 e. The van der Waals surface area contributed by atoms with E-state index in [0.717, 1.165) is 12.8 Å². The predicted molar refractivity (Wildman–Crippen MR) is 117 cm³/mol. The molecule has 1 aliphatic carbocycles. The smallest absolute Gasteiger partial charge is 0.206 e. The van der Waals surface area contributed by atoms with Crippen molar-refractivity contribution in [3.8, 4) is 0 Å². The summed E-state index contributed by atoms with van der Waals surface area (Å²) in [6.07, 6.45) is 3.00. The van der Waals surface area contributed by atoms with E-state index in [1.54, 1.807) is 30.3 Å². The van der Waals surface area contributed by atoms with Gasteiger partial charge < -0.3 is 17.9 Å². The molecule has 1 N–H and O–H groups in total. The second-order valence-corrected chi connectivity index (χ2v) is 10.3. The third kappa shape index (κ3) is 7.11. The molecule has 2 atom stereocenters. The molecule has 0 amide bonds. The summed E-state index contributed by atoms with van der Waals surface area (Å²) in [6, 6.07) is 13.0. The molecule has 1 saturated carbocycles. The van der Waals surface area contributed by atoms with Crippen LogP contribution in [0.5, 0.6) is 0 Å². The van der Waals surface area contributed by atoms with Gasteiger partial charge in [-0.05, 0) is 23.8 Å². The van der Waals surface area contributed by atoms with Crippen molar-refractivity contribution in [3.05, 3.63) is 78.0 Å². The molecular weight excluding hydrogens is 533 g/mol. The van der Waals surface area contributed by atoms with Crippen LogP contribution in [0.25, 0.3) is 10.5 Å². The number of sulfone groups is 1. The van der Waals surface area contributed by atoms with Crippen molar-refractivity contribution < 1.29 is 34.1 Å². The number of nitrogens with zero attached hydrogens (tertiary/aromatic N) is 1. The standard InChI is InChI=1S/C19H22N2O4S2.CH3.ClH.Ru/c20-17-11-5-6-12-18(17)21-26(22,23)14-15-8-4-7-13-19(15)27(24,25)16-9-2-1-3-10-16;;;/h1-4,7-10,13,17-18,20H,5-6,11-12,14H2;1H3;1H;/q-2;-1;;+4/p-1. The second-order valence-electron chi connectivity index (χ2n) is 6.71. The third-order valence-electron chi connectivity index (χ3n) is 4.68. The molecule has 3 rings (SSSR count). The van der Waals surface area contributed by atoms with Gasteiger partial charge in [0.1, 0.15) is 0 Å². The fourth-order valence-electron chi connectivity index (χ4n) is 3.29. The molecule has 1 fully saturated rings. The average molecular weight is 558 g/mol. The molecule has 0 aliphatic heterocycles. The predicted octanol–water partition coefficient (Wildman–Crippen LogP) is 5.22. The fourth-order valence-corrected chi connectivity index (χ4v) is 6.28. The zero-order valence-electron chi connectivity index (χ0n) is 16.5. The Balaban J connectivity index is 0.00000146. The molecule has 0 spiro atoms. The summed E-state index contributed by atoms with van der Waals surface area (Å²) in [5.41, 5.74) is 8.19. The molecular formula is C20H25ClN2O4RuS2. The van der Waals surface area contributed by atoms with E-state index in [-0.39, 0.29) is 22.8 Å². The van der Waals surface area contributed by atoms with E-state index in [1.807, 2.05) is 17.3 Å². The van der Waals surface area contributed by atoms with E-state index in [1.165, 1.54) is 24.3 Å². The van der Waals surface area contributed by atoms with E-state index < -0.39 is 37.7 Å². The third-order valence-corrected chi connectivity index (χ3v) is 7.82. The summed E-state index contributed by atoms with van der Waals surface area (Å²) in [7, 11) is -3.15. The normalized spacial score (nSPS) is 19.1. The summed E-state index contributed by atoms with van der Waals surface area (Å²) < 4.78 is 55.0. The molecule has 30 heavy (non-hydrogen) atoms. The van der Waals surface area contributed by atoms with Gasteiger partial charge in [-0.1, -0.05) is 62.1 Å². The Hall–Kier alpha value is -0.827. The number of hydrogen-bond acceptors (Lipinski definition) is 4. The number of nitrogens with one attached hydrogen (secondary N) is 1. The van der Waals surface area contributed by atoms with Gasteiger partial charge in [0.05, 0.1) is 25.6 Å². The summed E-state index contributed by atoms with van der Waals surface area (Å²) >= 11 is 1.82. The Kier molecular flexibility index (Phi) is 11.1. The first-order valence-electron chi connectivity index (χ1n) is 8.97. The van der Waals surface area contributed by atoms with Crippen molar-refractivity contribution in [2.75, 3.05) is 0 Å². The van der Waals surface area contributed by atoms with Crippen molar-refractivity contribution in [2.24, 2.45) is 0 Å². The Morgan fingerprint density at radius 2 is 1.50 bits per heavy atom. The van der Waals surface area contributed by atoms with Crippen LogP contribution in [0.4, 0.5) is 0 Å². The Morgan fingerprint density at radius 3 is 2.13 bits per heavy atom. The van der Waals surface area contributed by atoms with Crippen molar-refractivity contribution >= 4 is 29.6 Å². The van der Waals surface area contributed by atoms with Crippen LogP contribution in [-0.4, -0.2) is 28.9 Å². The summed E-state index contributed by atoms with van der Waals surface area (Å²) in [5.74, 6) is -0.488. The van der Waals surface area contributed by atoms with Gasteiger partial charge in [0, 0.05) is 0 Å². The van der Waals surface area contributed by atoms with Gasteiger partial charge in [-0.25, -0.2) is 16.8 Å². The van der Waals surface area contributed by atoms with Gasteiger partial charge in [0.15, 0.2) is 0 Å². The maximum Gasteiger partial charge on any atom is 0.206 e. The maximum atomic E-state index is 12.9. The van der Waals surface area contributed by atoms with Crippen molar-refractivity contribution in [1.29, 1.82) is 0 Å². The van der Waals surface area contributed by atoms with Crippen LogP contribution in [0.1, 0.15) is 31.2 Å². The second kappa shape index (κ2) is 12.3. The van der Waals surface area contributed by atoms with Crippen LogP contribution >= 0.6 is 9.69 Å². The number of rotatable bonds is 6. The molecule has 10 heteroatoms. The first-order valence-corrected chi connectivity index (χ1v) is 14.3. The van der Waals surface area contributed by atoms with Gasteiger partial charge in [0.25, 0.3) is 0 Å². The molecule has 0 radical (unpaired) electrons. The molecule has 0 aromatic heterocycles. The number of benzene rings is 2. The van der Waals surface area contributed by atoms with Gasteiger partial charge in [-0.2, -0.15) is 6.04 Å². The van der Waals surface area contributed by atoms with Gasteiger partial charge in [-0.3, -0.25) is 0 Å². The summed E-state index contributed by atoms with van der Waals surface area (Å²) in [6.45, 7) is 0. The first-order chi connectivity index (χ1) is 13.8. The van der Waals surface area contributed by atoms with Crippen LogP contribution in [0.2, 0.25) is 0 Å².